The smallest absolute Gasteiger partial charge is 0.405 e. The molecule has 2 heterocycles. The van der Waals surface area contributed by atoms with E-state index < -0.39 is 6.09 Å². The number of amides is 1. The molecule has 2 aromatic carbocycles. The summed E-state index contributed by atoms with van der Waals surface area (Å²) in [5.74, 6) is 2.63. The summed E-state index contributed by atoms with van der Waals surface area (Å²) in [5, 5.41) is 14.6. The van der Waals surface area contributed by atoms with Crippen molar-refractivity contribution in [2.75, 3.05) is 23.8 Å². The van der Waals surface area contributed by atoms with Crippen molar-refractivity contribution in [2.45, 2.75) is 19.4 Å². The average molecular weight is 470 g/mol. The van der Waals surface area contributed by atoms with Gasteiger partial charge in [-0.2, -0.15) is 4.98 Å². The maximum atomic E-state index is 10.8. The first-order chi connectivity index (χ1) is 17.0. The van der Waals surface area contributed by atoms with Crippen LogP contribution in [0.2, 0.25) is 0 Å². The number of hydrogen-bond acceptors (Lipinski definition) is 7. The van der Waals surface area contributed by atoms with Gasteiger partial charge in [-0.05, 0) is 36.6 Å². The van der Waals surface area contributed by atoms with E-state index in [1.54, 1.807) is 12.4 Å². The van der Waals surface area contributed by atoms with Crippen LogP contribution in [-0.2, 0) is 6.42 Å². The first kappa shape index (κ1) is 23.6. The summed E-state index contributed by atoms with van der Waals surface area (Å²) in [6.07, 6.45) is 3.20. The van der Waals surface area contributed by atoms with Crippen molar-refractivity contribution >= 4 is 23.7 Å². The fraction of sp³-hybridized carbons (Fsp3) is 0.192. The van der Waals surface area contributed by atoms with Gasteiger partial charge in [-0.3, -0.25) is 0 Å². The summed E-state index contributed by atoms with van der Waals surface area (Å²) in [7, 11) is 1.91. The normalized spacial score (nSPS) is 11.5. The molecule has 35 heavy (non-hydrogen) atoms. The minimum Gasteiger partial charge on any atom is -0.465 e. The van der Waals surface area contributed by atoms with Crippen LogP contribution in [0.5, 0.6) is 0 Å². The highest BCUT2D eigenvalue weighted by atomic mass is 16.4. The maximum Gasteiger partial charge on any atom is 0.405 e. The summed E-state index contributed by atoms with van der Waals surface area (Å²) in [6.45, 7) is 2.47. The zero-order valence-electron chi connectivity index (χ0n) is 19.6. The van der Waals surface area contributed by atoms with Gasteiger partial charge in [0.05, 0.1) is 6.04 Å². The zero-order chi connectivity index (χ0) is 24.6. The second-order valence-electron chi connectivity index (χ2n) is 7.99. The predicted octanol–water partition coefficient (Wildman–Crippen LogP) is 4.68. The van der Waals surface area contributed by atoms with Gasteiger partial charge < -0.3 is 20.6 Å². The van der Waals surface area contributed by atoms with E-state index in [0.717, 1.165) is 28.9 Å². The van der Waals surface area contributed by atoms with Crippen LogP contribution in [0.15, 0.2) is 79.1 Å². The zero-order valence-corrected chi connectivity index (χ0v) is 19.6. The Morgan fingerprint density at radius 3 is 2.34 bits per heavy atom. The summed E-state index contributed by atoms with van der Waals surface area (Å²) < 4.78 is 0. The fourth-order valence-corrected chi connectivity index (χ4v) is 3.56. The molecule has 1 amide bonds. The molecule has 0 saturated carbocycles. The van der Waals surface area contributed by atoms with Gasteiger partial charge in [-0.25, -0.2) is 19.7 Å². The fourth-order valence-electron chi connectivity index (χ4n) is 3.56. The lowest BCUT2D eigenvalue weighted by Gasteiger charge is -2.18. The van der Waals surface area contributed by atoms with Crippen molar-refractivity contribution in [3.8, 4) is 11.4 Å². The highest BCUT2D eigenvalue weighted by Gasteiger charge is 2.11. The SMILES string of the molecule is CC(NC(=O)O)c1ccc(CCNc2nccc(N(C)c3ccnc(-c4ccccc4)n3)n2)cc1. The van der Waals surface area contributed by atoms with E-state index in [1.807, 2.05) is 85.6 Å². The molecular formula is C26H27N7O2. The molecule has 2 aromatic heterocycles. The number of rotatable bonds is 9. The molecule has 0 spiro atoms. The molecule has 1 unspecified atom stereocenters. The first-order valence-electron chi connectivity index (χ1n) is 11.3. The van der Waals surface area contributed by atoms with Crippen LogP contribution >= 0.6 is 0 Å². The van der Waals surface area contributed by atoms with Crippen LogP contribution in [0.3, 0.4) is 0 Å². The molecule has 0 bridgehead atoms. The van der Waals surface area contributed by atoms with Crippen LogP contribution in [0, 0.1) is 0 Å². The van der Waals surface area contributed by atoms with Crippen LogP contribution in [0.1, 0.15) is 24.1 Å². The molecule has 0 aliphatic rings. The second kappa shape index (κ2) is 11.1. The highest BCUT2D eigenvalue weighted by Crippen LogP contribution is 2.23. The summed E-state index contributed by atoms with van der Waals surface area (Å²) in [6, 6.07) is 21.1. The van der Waals surface area contributed by atoms with Crippen molar-refractivity contribution in [1.82, 2.24) is 25.3 Å². The monoisotopic (exact) mass is 469 g/mol. The van der Waals surface area contributed by atoms with Crippen LogP contribution < -0.4 is 15.5 Å². The summed E-state index contributed by atoms with van der Waals surface area (Å²) in [4.78, 5) is 30.7. The summed E-state index contributed by atoms with van der Waals surface area (Å²) in [5.41, 5.74) is 3.00. The van der Waals surface area contributed by atoms with E-state index in [1.165, 1.54) is 0 Å². The molecule has 0 radical (unpaired) electrons. The summed E-state index contributed by atoms with van der Waals surface area (Å²) >= 11 is 0. The van der Waals surface area contributed by atoms with Crippen molar-refractivity contribution in [3.05, 3.63) is 90.3 Å². The number of nitrogens with one attached hydrogen (secondary N) is 2. The third-order valence-corrected chi connectivity index (χ3v) is 5.52. The lowest BCUT2D eigenvalue weighted by atomic mass is 10.0. The highest BCUT2D eigenvalue weighted by molar-refractivity contribution is 5.65. The van der Waals surface area contributed by atoms with Crippen molar-refractivity contribution in [3.63, 3.8) is 0 Å². The number of anilines is 3. The molecule has 0 fully saturated rings. The third-order valence-electron chi connectivity index (χ3n) is 5.52. The lowest BCUT2D eigenvalue weighted by Crippen LogP contribution is -2.24. The largest absolute Gasteiger partial charge is 0.465 e. The molecule has 9 heteroatoms. The Morgan fingerprint density at radius 2 is 1.63 bits per heavy atom. The quantitative estimate of drug-likeness (QED) is 0.323. The van der Waals surface area contributed by atoms with Gasteiger partial charge >= 0.3 is 6.09 Å². The van der Waals surface area contributed by atoms with Gasteiger partial charge in [0.25, 0.3) is 0 Å². The molecule has 9 nitrogen and oxygen atoms in total. The minimum absolute atomic E-state index is 0.258. The van der Waals surface area contributed by atoms with E-state index in [9.17, 15) is 4.79 Å². The standard InChI is InChI=1S/C26H27N7O2/c1-18(30-26(34)35)20-10-8-19(9-11-20)12-15-28-25-29-17-14-23(32-25)33(2)22-13-16-27-24(31-22)21-6-4-3-5-7-21/h3-11,13-14,16-18,30H,12,15H2,1-2H3,(H,34,35)(H,28,29,32). The number of benzene rings is 2. The predicted molar refractivity (Wildman–Crippen MR) is 136 cm³/mol. The van der Waals surface area contributed by atoms with Gasteiger partial charge in [0, 0.05) is 31.5 Å². The van der Waals surface area contributed by atoms with Gasteiger partial charge in [-0.1, -0.05) is 54.6 Å². The molecule has 178 valence electrons. The Balaban J connectivity index is 1.37. The lowest BCUT2D eigenvalue weighted by molar-refractivity contribution is 0.191. The van der Waals surface area contributed by atoms with Gasteiger partial charge in [0.1, 0.15) is 11.6 Å². The van der Waals surface area contributed by atoms with Crippen LogP contribution in [-0.4, -0.2) is 44.7 Å². The number of hydrogen-bond donors (Lipinski definition) is 3. The van der Waals surface area contributed by atoms with Crippen molar-refractivity contribution in [1.29, 1.82) is 0 Å². The van der Waals surface area contributed by atoms with E-state index >= 15 is 0 Å². The number of carboxylic acid groups (broad SMARTS) is 1. The molecule has 0 aliphatic carbocycles. The Bertz CT molecular complexity index is 1270. The maximum absolute atomic E-state index is 10.8. The Labute approximate surface area is 203 Å². The second-order valence-corrected chi connectivity index (χ2v) is 7.99. The van der Waals surface area contributed by atoms with E-state index in [-0.39, 0.29) is 6.04 Å². The molecule has 1 atom stereocenters. The molecule has 0 saturated heterocycles. The van der Waals surface area contributed by atoms with Gasteiger partial charge in [-0.15, -0.1) is 0 Å². The molecule has 3 N–H and O–H groups in total. The van der Waals surface area contributed by atoms with E-state index in [4.69, 9.17) is 5.11 Å². The van der Waals surface area contributed by atoms with Crippen molar-refractivity contribution in [2.24, 2.45) is 0 Å². The van der Waals surface area contributed by atoms with E-state index in [0.29, 0.717) is 24.1 Å². The first-order valence-corrected chi connectivity index (χ1v) is 11.3. The molecule has 4 aromatic rings. The molecule has 0 aliphatic heterocycles. The van der Waals surface area contributed by atoms with Gasteiger partial charge in [0.15, 0.2) is 5.82 Å². The Kier molecular flexibility index (Phi) is 7.47. The molecular weight excluding hydrogens is 442 g/mol. The van der Waals surface area contributed by atoms with Crippen molar-refractivity contribution < 1.29 is 9.90 Å². The van der Waals surface area contributed by atoms with Crippen LogP contribution in [0.25, 0.3) is 11.4 Å². The average Bonchev–Trinajstić information content (AvgIpc) is 2.89. The topological polar surface area (TPSA) is 116 Å². The third kappa shape index (κ3) is 6.29. The van der Waals surface area contributed by atoms with Gasteiger partial charge in [0.2, 0.25) is 5.95 Å². The number of nitrogens with zero attached hydrogens (tertiary/aromatic N) is 5. The number of aromatic nitrogens is 4. The molecule has 4 rings (SSSR count). The number of carbonyl (C=O) groups is 1. The van der Waals surface area contributed by atoms with E-state index in [2.05, 4.69) is 30.6 Å². The minimum atomic E-state index is -1.03. The Hall–Kier alpha value is -4.53. The Morgan fingerprint density at radius 1 is 0.943 bits per heavy atom. The van der Waals surface area contributed by atoms with Crippen LogP contribution in [0.4, 0.5) is 22.4 Å².